The van der Waals surface area contributed by atoms with Crippen molar-refractivity contribution >= 4 is 29.9 Å². The van der Waals surface area contributed by atoms with E-state index in [1.165, 1.54) is 0 Å². The van der Waals surface area contributed by atoms with Gasteiger partial charge in [-0.2, -0.15) is 0 Å². The number of furan rings is 1. The van der Waals surface area contributed by atoms with Crippen molar-refractivity contribution in [2.75, 3.05) is 20.6 Å². The highest BCUT2D eigenvalue weighted by Gasteiger charge is 2.11. The molecule has 2 aromatic heterocycles. The summed E-state index contributed by atoms with van der Waals surface area (Å²) in [5, 5.41) is 7.30. The average molecular weight is 418 g/mol. The fourth-order valence-electron chi connectivity index (χ4n) is 2.25. The molecule has 0 bridgehead atoms. The van der Waals surface area contributed by atoms with Crippen molar-refractivity contribution in [2.24, 2.45) is 4.99 Å². The van der Waals surface area contributed by atoms with Gasteiger partial charge in [0.15, 0.2) is 5.96 Å². The number of hydrogen-bond acceptors (Lipinski definition) is 4. The number of aryl methyl sites for hydroxylation is 2. The lowest BCUT2D eigenvalue weighted by atomic mass is 10.1. The third kappa shape index (κ3) is 4.75. The number of rotatable bonds is 5. The van der Waals surface area contributed by atoms with Crippen molar-refractivity contribution in [2.45, 2.75) is 26.8 Å². The molecule has 1 N–H and O–H groups in total. The summed E-state index contributed by atoms with van der Waals surface area (Å²) in [6, 6.07) is 3.84. The van der Waals surface area contributed by atoms with Gasteiger partial charge < -0.3 is 19.2 Å². The Kier molecular flexibility index (Phi) is 7.43. The maximum absolute atomic E-state index is 5.35. The Labute approximate surface area is 148 Å². The van der Waals surface area contributed by atoms with E-state index < -0.39 is 0 Å². The van der Waals surface area contributed by atoms with E-state index in [1.54, 1.807) is 13.3 Å². The molecule has 0 unspecified atom stereocenters. The molecule has 0 aliphatic carbocycles. The summed E-state index contributed by atoms with van der Waals surface area (Å²) < 4.78 is 10.5. The predicted molar refractivity (Wildman–Crippen MR) is 96.6 cm³/mol. The van der Waals surface area contributed by atoms with Gasteiger partial charge in [0.2, 0.25) is 0 Å². The van der Waals surface area contributed by atoms with Gasteiger partial charge in [0.25, 0.3) is 0 Å². The van der Waals surface area contributed by atoms with Crippen molar-refractivity contribution in [1.29, 1.82) is 0 Å². The van der Waals surface area contributed by atoms with E-state index >= 15 is 0 Å². The van der Waals surface area contributed by atoms with Crippen LogP contribution in [-0.2, 0) is 13.0 Å². The lowest BCUT2D eigenvalue weighted by Gasteiger charge is -2.21. The standard InChI is InChI=1S/C15H22N4O2.HI/c1-11-14(12(2)21-18-11)7-8-17-15(16-3)19(4)10-13-6-5-9-20-13;/h5-6,9H,7-8,10H2,1-4H3,(H,16,17);1H. The lowest BCUT2D eigenvalue weighted by molar-refractivity contribution is 0.392. The molecule has 0 atom stereocenters. The van der Waals surface area contributed by atoms with Crippen LogP contribution in [-0.4, -0.2) is 36.7 Å². The summed E-state index contributed by atoms with van der Waals surface area (Å²) in [5.74, 6) is 2.62. The zero-order valence-electron chi connectivity index (χ0n) is 13.4. The minimum absolute atomic E-state index is 0. The summed E-state index contributed by atoms with van der Waals surface area (Å²) in [6.07, 6.45) is 2.53. The van der Waals surface area contributed by atoms with Crippen LogP contribution >= 0.6 is 24.0 Å². The largest absolute Gasteiger partial charge is 0.467 e. The van der Waals surface area contributed by atoms with Gasteiger partial charge in [-0.3, -0.25) is 4.99 Å². The van der Waals surface area contributed by atoms with Crippen LogP contribution in [0, 0.1) is 13.8 Å². The summed E-state index contributed by atoms with van der Waals surface area (Å²) in [7, 11) is 3.75. The maximum atomic E-state index is 5.35. The second-order valence-electron chi connectivity index (χ2n) is 4.96. The molecule has 0 fully saturated rings. The van der Waals surface area contributed by atoms with Crippen LogP contribution in [0.1, 0.15) is 22.8 Å². The smallest absolute Gasteiger partial charge is 0.193 e. The maximum Gasteiger partial charge on any atom is 0.193 e. The van der Waals surface area contributed by atoms with Gasteiger partial charge in [-0.1, -0.05) is 5.16 Å². The molecule has 22 heavy (non-hydrogen) atoms. The molecule has 2 heterocycles. The van der Waals surface area contributed by atoms with Gasteiger partial charge in [-0.05, 0) is 32.4 Å². The highest BCUT2D eigenvalue weighted by Crippen LogP contribution is 2.12. The summed E-state index contributed by atoms with van der Waals surface area (Å²) in [5.41, 5.74) is 2.11. The molecule has 0 radical (unpaired) electrons. The molecule has 7 heteroatoms. The van der Waals surface area contributed by atoms with Gasteiger partial charge in [0.1, 0.15) is 11.5 Å². The van der Waals surface area contributed by atoms with Crippen molar-refractivity contribution in [1.82, 2.24) is 15.4 Å². The van der Waals surface area contributed by atoms with Crippen molar-refractivity contribution in [3.05, 3.63) is 41.2 Å². The Bertz CT molecular complexity index is 573. The number of nitrogens with one attached hydrogen (secondary N) is 1. The van der Waals surface area contributed by atoms with Crippen LogP contribution in [0.2, 0.25) is 0 Å². The molecular formula is C15H23IN4O2. The number of hydrogen-bond donors (Lipinski definition) is 1. The average Bonchev–Trinajstić information content (AvgIpc) is 3.07. The van der Waals surface area contributed by atoms with Gasteiger partial charge in [0.05, 0.1) is 18.5 Å². The zero-order chi connectivity index (χ0) is 15.2. The number of aliphatic imine (C=N–C) groups is 1. The Hall–Kier alpha value is -1.51. The molecule has 0 aromatic carbocycles. The van der Waals surface area contributed by atoms with Crippen LogP contribution in [0.15, 0.2) is 32.3 Å². The molecule has 122 valence electrons. The molecule has 0 saturated heterocycles. The summed E-state index contributed by atoms with van der Waals surface area (Å²) in [6.45, 7) is 5.35. The number of nitrogens with zero attached hydrogens (tertiary/aromatic N) is 3. The Morgan fingerprint density at radius 1 is 1.41 bits per heavy atom. The Morgan fingerprint density at radius 2 is 2.18 bits per heavy atom. The normalized spacial score (nSPS) is 11.2. The first-order valence-electron chi connectivity index (χ1n) is 6.97. The Balaban J connectivity index is 0.00000242. The zero-order valence-corrected chi connectivity index (χ0v) is 15.8. The van der Waals surface area contributed by atoms with E-state index in [0.29, 0.717) is 6.54 Å². The topological polar surface area (TPSA) is 66.8 Å². The second-order valence-corrected chi connectivity index (χ2v) is 4.96. The first-order valence-corrected chi connectivity index (χ1v) is 6.97. The van der Waals surface area contributed by atoms with Crippen LogP contribution < -0.4 is 5.32 Å². The van der Waals surface area contributed by atoms with Crippen LogP contribution in [0.25, 0.3) is 0 Å². The van der Waals surface area contributed by atoms with Gasteiger partial charge in [-0.15, -0.1) is 24.0 Å². The third-order valence-electron chi connectivity index (χ3n) is 3.39. The quantitative estimate of drug-likeness (QED) is 0.460. The molecule has 6 nitrogen and oxygen atoms in total. The van der Waals surface area contributed by atoms with Gasteiger partial charge in [0, 0.05) is 26.2 Å². The Morgan fingerprint density at radius 3 is 2.73 bits per heavy atom. The molecule has 0 amide bonds. The van der Waals surface area contributed by atoms with Crippen molar-refractivity contribution in [3.63, 3.8) is 0 Å². The molecule has 0 aliphatic rings. The lowest BCUT2D eigenvalue weighted by Crippen LogP contribution is -2.39. The van der Waals surface area contributed by atoms with Crippen LogP contribution in [0.5, 0.6) is 0 Å². The predicted octanol–water partition coefficient (Wildman–Crippen LogP) is 2.75. The molecule has 0 saturated carbocycles. The highest BCUT2D eigenvalue weighted by atomic mass is 127. The van der Waals surface area contributed by atoms with Crippen LogP contribution in [0.4, 0.5) is 0 Å². The van der Waals surface area contributed by atoms with E-state index in [-0.39, 0.29) is 24.0 Å². The minimum Gasteiger partial charge on any atom is -0.467 e. The summed E-state index contributed by atoms with van der Waals surface area (Å²) >= 11 is 0. The highest BCUT2D eigenvalue weighted by molar-refractivity contribution is 14.0. The SMILES string of the molecule is CN=C(NCCc1c(C)noc1C)N(C)Cc1ccco1.I. The first-order chi connectivity index (χ1) is 10.1. The molecule has 2 rings (SSSR count). The van der Waals surface area contributed by atoms with Gasteiger partial charge in [-0.25, -0.2) is 0 Å². The van der Waals surface area contributed by atoms with E-state index in [4.69, 9.17) is 8.94 Å². The fraction of sp³-hybridized carbons (Fsp3) is 0.467. The molecular weight excluding hydrogens is 395 g/mol. The van der Waals surface area contributed by atoms with Crippen molar-refractivity contribution in [3.8, 4) is 0 Å². The van der Waals surface area contributed by atoms with E-state index in [2.05, 4.69) is 15.5 Å². The minimum atomic E-state index is 0. The number of halogens is 1. The molecule has 0 aliphatic heterocycles. The van der Waals surface area contributed by atoms with E-state index in [9.17, 15) is 0 Å². The molecule has 0 spiro atoms. The first kappa shape index (κ1) is 18.5. The number of guanidine groups is 1. The third-order valence-corrected chi connectivity index (χ3v) is 3.39. The van der Waals surface area contributed by atoms with Crippen molar-refractivity contribution < 1.29 is 8.94 Å². The summed E-state index contributed by atoms with van der Waals surface area (Å²) in [4.78, 5) is 6.30. The van der Waals surface area contributed by atoms with Crippen LogP contribution in [0.3, 0.4) is 0 Å². The molecule has 2 aromatic rings. The van der Waals surface area contributed by atoms with E-state index in [1.807, 2.05) is 37.9 Å². The van der Waals surface area contributed by atoms with E-state index in [0.717, 1.165) is 41.7 Å². The monoisotopic (exact) mass is 418 g/mol. The van der Waals surface area contributed by atoms with Gasteiger partial charge >= 0.3 is 0 Å². The second kappa shape index (κ2) is 8.82. The number of aromatic nitrogens is 1. The fourth-order valence-corrected chi connectivity index (χ4v) is 2.25.